The van der Waals surface area contributed by atoms with Gasteiger partial charge in [-0.1, -0.05) is 22.9 Å². The van der Waals surface area contributed by atoms with Crippen molar-refractivity contribution in [3.05, 3.63) is 77.5 Å². The molecule has 0 unspecified atom stereocenters. The van der Waals surface area contributed by atoms with Gasteiger partial charge in [0.1, 0.15) is 5.76 Å². The number of anilines is 1. The molecule has 7 heteroatoms. The average molecular weight is 426 g/mol. The van der Waals surface area contributed by atoms with E-state index in [1.807, 2.05) is 49.6 Å². The molecule has 4 aromatic rings. The summed E-state index contributed by atoms with van der Waals surface area (Å²) in [5.41, 5.74) is 1.88. The monoisotopic (exact) mass is 425 g/mol. The van der Waals surface area contributed by atoms with Crippen molar-refractivity contribution in [2.24, 2.45) is 0 Å². The molecule has 0 radical (unpaired) electrons. The number of halogens is 1. The number of carbonyl (C=O) groups excluding carboxylic acids is 1. The number of benzene rings is 1. The van der Waals surface area contributed by atoms with Crippen LogP contribution in [-0.2, 0) is 11.3 Å². The first-order valence-corrected chi connectivity index (χ1v) is 10.5. The number of rotatable bonds is 7. The second kappa shape index (κ2) is 8.68. The fraction of sp³-hybridized carbons (Fsp3) is 0.182. The van der Waals surface area contributed by atoms with Crippen molar-refractivity contribution in [3.63, 3.8) is 0 Å². The number of aromatic nitrogens is 2. The normalized spacial score (nSPS) is 11.5. The molecule has 3 heterocycles. The van der Waals surface area contributed by atoms with Gasteiger partial charge in [0.05, 0.1) is 16.5 Å². The Morgan fingerprint density at radius 3 is 2.90 bits per heavy atom. The molecule has 4 rings (SSSR count). The quantitative estimate of drug-likeness (QED) is 0.352. The Morgan fingerprint density at radius 2 is 2.14 bits per heavy atom. The van der Waals surface area contributed by atoms with Crippen LogP contribution >= 0.6 is 22.9 Å². The summed E-state index contributed by atoms with van der Waals surface area (Å²) in [6.07, 6.45) is 9.64. The Kier molecular flexibility index (Phi) is 5.83. The molecule has 0 aliphatic carbocycles. The van der Waals surface area contributed by atoms with Gasteiger partial charge in [0.2, 0.25) is 0 Å². The van der Waals surface area contributed by atoms with Crippen LogP contribution in [0.25, 0.3) is 16.3 Å². The van der Waals surface area contributed by atoms with E-state index < -0.39 is 0 Å². The average Bonchev–Trinajstić information content (AvgIpc) is 3.44. The molecule has 29 heavy (non-hydrogen) atoms. The summed E-state index contributed by atoms with van der Waals surface area (Å²) in [4.78, 5) is 19.5. The Labute approximate surface area is 177 Å². The van der Waals surface area contributed by atoms with E-state index in [0.717, 1.165) is 28.7 Å². The fourth-order valence-corrected chi connectivity index (χ4v) is 4.57. The number of aryl methyl sites for hydroxylation is 2. The number of nitrogens with zero attached hydrogens (tertiary/aromatic N) is 3. The van der Waals surface area contributed by atoms with E-state index in [-0.39, 0.29) is 5.91 Å². The lowest BCUT2D eigenvalue weighted by atomic mass is 10.2. The molecule has 0 aliphatic rings. The second-order valence-electron chi connectivity index (χ2n) is 6.68. The Balaban J connectivity index is 1.59. The third-order valence-electron chi connectivity index (χ3n) is 4.53. The maximum Gasteiger partial charge on any atom is 0.252 e. The van der Waals surface area contributed by atoms with Gasteiger partial charge in [0, 0.05) is 36.6 Å². The number of furan rings is 1. The lowest BCUT2D eigenvalue weighted by Gasteiger charge is -2.18. The van der Waals surface area contributed by atoms with Crippen LogP contribution in [0.4, 0.5) is 5.13 Å². The standard InChI is InChI=1S/C22H20ClN3O2S/c1-16-14-17(23)15-19-21(16)24-22(29-19)26(12-5-11-25-9-2-3-10-25)20(27)8-7-18-6-4-13-28-18/h2-4,6-10,13-15H,5,11-12H2,1H3/b8-7+. The molecular weight excluding hydrogens is 406 g/mol. The number of hydrogen-bond acceptors (Lipinski definition) is 4. The van der Waals surface area contributed by atoms with Gasteiger partial charge in [-0.3, -0.25) is 9.69 Å². The lowest BCUT2D eigenvalue weighted by molar-refractivity contribution is -0.114. The Morgan fingerprint density at radius 1 is 1.31 bits per heavy atom. The van der Waals surface area contributed by atoms with Gasteiger partial charge in [-0.2, -0.15) is 0 Å². The minimum atomic E-state index is -0.128. The van der Waals surface area contributed by atoms with Crippen molar-refractivity contribution in [1.82, 2.24) is 9.55 Å². The first-order valence-electron chi connectivity index (χ1n) is 9.31. The van der Waals surface area contributed by atoms with Gasteiger partial charge in [0.15, 0.2) is 5.13 Å². The number of amides is 1. The van der Waals surface area contributed by atoms with Gasteiger partial charge in [-0.05, 0) is 61.4 Å². The summed E-state index contributed by atoms with van der Waals surface area (Å²) in [7, 11) is 0. The van der Waals surface area contributed by atoms with Crippen LogP contribution in [0.5, 0.6) is 0 Å². The second-order valence-corrected chi connectivity index (χ2v) is 8.12. The number of carbonyl (C=O) groups is 1. The summed E-state index contributed by atoms with van der Waals surface area (Å²) in [6.45, 7) is 3.37. The largest absolute Gasteiger partial charge is 0.465 e. The number of hydrogen-bond donors (Lipinski definition) is 0. The van der Waals surface area contributed by atoms with E-state index in [9.17, 15) is 4.79 Å². The zero-order valence-electron chi connectivity index (χ0n) is 15.9. The molecule has 0 spiro atoms. The topological polar surface area (TPSA) is 51.3 Å². The highest BCUT2D eigenvalue weighted by molar-refractivity contribution is 7.22. The molecule has 5 nitrogen and oxygen atoms in total. The molecule has 148 valence electrons. The van der Waals surface area contributed by atoms with E-state index in [2.05, 4.69) is 4.57 Å². The third kappa shape index (κ3) is 4.60. The maximum absolute atomic E-state index is 13.0. The van der Waals surface area contributed by atoms with E-state index in [4.69, 9.17) is 21.0 Å². The number of thiazole rings is 1. The van der Waals surface area contributed by atoms with Gasteiger partial charge in [-0.15, -0.1) is 0 Å². The van der Waals surface area contributed by atoms with Gasteiger partial charge >= 0.3 is 0 Å². The summed E-state index contributed by atoms with van der Waals surface area (Å²) in [5.74, 6) is 0.509. The smallest absolute Gasteiger partial charge is 0.252 e. The van der Waals surface area contributed by atoms with Crippen molar-refractivity contribution in [3.8, 4) is 0 Å². The molecule has 0 N–H and O–H groups in total. The van der Waals surface area contributed by atoms with Crippen LogP contribution in [0.2, 0.25) is 5.02 Å². The molecule has 0 saturated carbocycles. The van der Waals surface area contributed by atoms with Gasteiger partial charge in [-0.25, -0.2) is 4.98 Å². The highest BCUT2D eigenvalue weighted by atomic mass is 35.5. The maximum atomic E-state index is 13.0. The Hall–Kier alpha value is -2.83. The molecule has 0 saturated heterocycles. The summed E-state index contributed by atoms with van der Waals surface area (Å²) in [5, 5.41) is 1.35. The fourth-order valence-electron chi connectivity index (χ4n) is 3.12. The predicted molar refractivity (Wildman–Crippen MR) is 119 cm³/mol. The summed E-state index contributed by atoms with van der Waals surface area (Å²) < 4.78 is 8.36. The predicted octanol–water partition coefficient (Wildman–Crippen LogP) is 5.79. The minimum Gasteiger partial charge on any atom is -0.465 e. The molecule has 0 bridgehead atoms. The Bertz CT molecular complexity index is 1130. The first kappa shape index (κ1) is 19.5. The minimum absolute atomic E-state index is 0.128. The zero-order valence-corrected chi connectivity index (χ0v) is 17.5. The van der Waals surface area contributed by atoms with Gasteiger partial charge in [0.25, 0.3) is 5.91 Å². The molecule has 0 fully saturated rings. The SMILES string of the molecule is Cc1cc(Cl)cc2sc(N(CCCn3cccc3)C(=O)/C=C/c3ccco3)nc12. The van der Waals surface area contributed by atoms with Crippen LogP contribution in [0.1, 0.15) is 17.7 Å². The number of fused-ring (bicyclic) bond motifs is 1. The lowest BCUT2D eigenvalue weighted by Crippen LogP contribution is -2.30. The first-order chi connectivity index (χ1) is 14.1. The third-order valence-corrected chi connectivity index (χ3v) is 5.78. The molecule has 3 aromatic heterocycles. The summed E-state index contributed by atoms with van der Waals surface area (Å²) in [6, 6.07) is 11.4. The molecule has 0 aliphatic heterocycles. The van der Waals surface area contributed by atoms with Crippen LogP contribution in [0, 0.1) is 6.92 Å². The molecule has 1 aromatic carbocycles. The van der Waals surface area contributed by atoms with E-state index >= 15 is 0 Å². The van der Waals surface area contributed by atoms with Crippen molar-refractivity contribution in [2.75, 3.05) is 11.4 Å². The van der Waals surface area contributed by atoms with Crippen molar-refractivity contribution in [1.29, 1.82) is 0 Å². The van der Waals surface area contributed by atoms with E-state index in [1.165, 1.54) is 17.4 Å². The molecule has 1 amide bonds. The van der Waals surface area contributed by atoms with Crippen LogP contribution in [-0.4, -0.2) is 22.0 Å². The van der Waals surface area contributed by atoms with Gasteiger partial charge < -0.3 is 8.98 Å². The highest BCUT2D eigenvalue weighted by Gasteiger charge is 2.19. The molecule has 0 atom stereocenters. The van der Waals surface area contributed by atoms with Crippen LogP contribution in [0.3, 0.4) is 0 Å². The van der Waals surface area contributed by atoms with Crippen LogP contribution in [0.15, 0.2) is 65.5 Å². The van der Waals surface area contributed by atoms with Crippen LogP contribution < -0.4 is 4.90 Å². The highest BCUT2D eigenvalue weighted by Crippen LogP contribution is 2.33. The van der Waals surface area contributed by atoms with E-state index in [1.54, 1.807) is 23.3 Å². The van der Waals surface area contributed by atoms with E-state index in [0.29, 0.717) is 22.5 Å². The molecular formula is C22H20ClN3O2S. The van der Waals surface area contributed by atoms with Crippen molar-refractivity contribution >= 4 is 50.3 Å². The van der Waals surface area contributed by atoms with Crippen molar-refractivity contribution < 1.29 is 9.21 Å². The van der Waals surface area contributed by atoms with Crippen molar-refractivity contribution in [2.45, 2.75) is 19.9 Å². The summed E-state index contributed by atoms with van der Waals surface area (Å²) >= 11 is 7.68. The zero-order chi connectivity index (χ0) is 20.2.